The number of halogens is 1. The van der Waals surface area contributed by atoms with Crippen LogP contribution in [0.1, 0.15) is 20.8 Å². The highest BCUT2D eigenvalue weighted by Crippen LogP contribution is 2.36. The molecule has 19 heavy (non-hydrogen) atoms. The van der Waals surface area contributed by atoms with E-state index in [1.807, 2.05) is 0 Å². The minimum absolute atomic E-state index is 0.316. The van der Waals surface area contributed by atoms with Crippen molar-refractivity contribution in [2.75, 3.05) is 6.61 Å². The van der Waals surface area contributed by atoms with Crippen LogP contribution in [0.15, 0.2) is 12.3 Å². The molecule has 1 amide bonds. The first-order valence-electron chi connectivity index (χ1n) is 5.82. The summed E-state index contributed by atoms with van der Waals surface area (Å²) < 4.78 is 19.6. The van der Waals surface area contributed by atoms with Crippen molar-refractivity contribution in [3.05, 3.63) is 12.3 Å². The van der Waals surface area contributed by atoms with E-state index < -0.39 is 36.6 Å². The van der Waals surface area contributed by atoms with Gasteiger partial charge in [-0.3, -0.25) is 14.5 Å². The molecule has 1 aliphatic rings. The molecule has 6 nitrogen and oxygen atoms in total. The van der Waals surface area contributed by atoms with Crippen molar-refractivity contribution in [1.29, 1.82) is 0 Å². The molecule has 1 saturated heterocycles. The second kappa shape index (κ2) is 5.77. The Morgan fingerprint density at radius 2 is 2.05 bits per heavy atom. The molecule has 0 radical (unpaired) electrons. The van der Waals surface area contributed by atoms with E-state index in [1.165, 1.54) is 13.8 Å². The van der Waals surface area contributed by atoms with Crippen LogP contribution in [0.5, 0.6) is 0 Å². The highest BCUT2D eigenvalue weighted by atomic mass is 19.1. The van der Waals surface area contributed by atoms with Crippen molar-refractivity contribution < 1.29 is 28.9 Å². The maximum atomic E-state index is 14.4. The van der Waals surface area contributed by atoms with Gasteiger partial charge >= 0.3 is 0 Å². The number of ketones is 1. The van der Waals surface area contributed by atoms with Crippen LogP contribution in [0, 0.1) is 0 Å². The second-order valence-electron chi connectivity index (χ2n) is 4.66. The Morgan fingerprint density at radius 1 is 1.47 bits per heavy atom. The summed E-state index contributed by atoms with van der Waals surface area (Å²) in [5.74, 6) is -0.860. The summed E-state index contributed by atoms with van der Waals surface area (Å²) in [6.07, 6.45) is -1.87. The number of ether oxygens (including phenoxy) is 1. The Labute approximate surface area is 110 Å². The number of carbonyl (C=O) groups is 2. The first-order valence-corrected chi connectivity index (χ1v) is 5.82. The molecule has 1 aliphatic heterocycles. The molecule has 1 fully saturated rings. The van der Waals surface area contributed by atoms with Crippen molar-refractivity contribution in [3.8, 4) is 0 Å². The van der Waals surface area contributed by atoms with Gasteiger partial charge in [0.1, 0.15) is 12.2 Å². The Bertz CT molecular complexity index is 396. The Morgan fingerprint density at radius 3 is 2.42 bits per heavy atom. The van der Waals surface area contributed by atoms with E-state index in [2.05, 4.69) is 0 Å². The van der Waals surface area contributed by atoms with Crippen LogP contribution >= 0.6 is 0 Å². The highest BCUT2D eigenvalue weighted by molar-refractivity contribution is 5.88. The lowest BCUT2D eigenvalue weighted by molar-refractivity contribution is -0.146. The number of allylic oxidation sites excluding steroid dienone is 1. The first-order chi connectivity index (χ1) is 8.71. The molecular weight excluding hydrogens is 257 g/mol. The standard InChI is InChI=1S/C12H18FNO5/c1-7(16)4-5-14(8(2)17)11-12(3,13)10(18)9(6-15)19-11/h4-5,9-11,15,18H,6H2,1-3H3/b5-4-/t9-,10?,11-,12-/m1/s1. The fourth-order valence-corrected chi connectivity index (χ4v) is 1.90. The fourth-order valence-electron chi connectivity index (χ4n) is 1.90. The summed E-state index contributed by atoms with van der Waals surface area (Å²) in [4.78, 5) is 23.3. The molecule has 0 bridgehead atoms. The average Bonchev–Trinajstić information content (AvgIpc) is 2.52. The van der Waals surface area contributed by atoms with Crippen molar-refractivity contribution in [1.82, 2.24) is 4.90 Å². The Kier molecular flexibility index (Phi) is 4.78. The van der Waals surface area contributed by atoms with Crippen molar-refractivity contribution in [2.24, 2.45) is 0 Å². The minimum atomic E-state index is -2.25. The third-order valence-electron chi connectivity index (χ3n) is 2.98. The van der Waals surface area contributed by atoms with Gasteiger partial charge in [0, 0.05) is 13.1 Å². The summed E-state index contributed by atoms with van der Waals surface area (Å²) in [5.41, 5.74) is -2.25. The average molecular weight is 275 g/mol. The Hall–Kier alpha value is -1.31. The van der Waals surface area contributed by atoms with Gasteiger partial charge in [0.05, 0.1) is 6.61 Å². The van der Waals surface area contributed by atoms with Gasteiger partial charge in [0.15, 0.2) is 17.7 Å². The van der Waals surface area contributed by atoms with E-state index in [-0.39, 0.29) is 5.78 Å². The molecule has 4 atom stereocenters. The van der Waals surface area contributed by atoms with Gasteiger partial charge in [0.2, 0.25) is 5.91 Å². The lowest BCUT2D eigenvalue weighted by atomic mass is 9.98. The number of carbonyl (C=O) groups excluding carboxylic acids is 2. The monoisotopic (exact) mass is 275 g/mol. The van der Waals surface area contributed by atoms with Gasteiger partial charge in [0.25, 0.3) is 0 Å². The lowest BCUT2D eigenvalue weighted by Crippen LogP contribution is -2.49. The summed E-state index contributed by atoms with van der Waals surface area (Å²) in [5, 5.41) is 18.7. The normalized spacial score (nSPS) is 34.7. The van der Waals surface area contributed by atoms with Gasteiger partial charge in [-0.15, -0.1) is 0 Å². The largest absolute Gasteiger partial charge is 0.394 e. The van der Waals surface area contributed by atoms with Crippen molar-refractivity contribution in [2.45, 2.75) is 44.9 Å². The molecule has 2 N–H and O–H groups in total. The fraction of sp³-hybridized carbons (Fsp3) is 0.667. The molecule has 0 spiro atoms. The molecule has 0 aromatic rings. The third-order valence-corrected chi connectivity index (χ3v) is 2.98. The zero-order chi connectivity index (χ0) is 14.8. The minimum Gasteiger partial charge on any atom is -0.394 e. The summed E-state index contributed by atoms with van der Waals surface area (Å²) in [6, 6.07) is 0. The van der Waals surface area contributed by atoms with Crippen LogP contribution in [0.3, 0.4) is 0 Å². The number of alkyl halides is 1. The third kappa shape index (κ3) is 3.17. The van der Waals surface area contributed by atoms with E-state index in [1.54, 1.807) is 0 Å². The summed E-state index contributed by atoms with van der Waals surface area (Å²) in [6.45, 7) is 2.97. The molecule has 108 valence electrons. The summed E-state index contributed by atoms with van der Waals surface area (Å²) in [7, 11) is 0. The topological polar surface area (TPSA) is 87.1 Å². The quantitative estimate of drug-likeness (QED) is 0.690. The van der Waals surface area contributed by atoms with Gasteiger partial charge in [-0.1, -0.05) is 0 Å². The molecular formula is C12H18FNO5. The highest BCUT2D eigenvalue weighted by Gasteiger charge is 2.56. The maximum Gasteiger partial charge on any atom is 0.225 e. The van der Waals surface area contributed by atoms with Crippen LogP contribution in [-0.2, 0) is 14.3 Å². The van der Waals surface area contributed by atoms with Gasteiger partial charge in [-0.2, -0.15) is 0 Å². The molecule has 7 heteroatoms. The molecule has 0 aromatic carbocycles. The lowest BCUT2D eigenvalue weighted by Gasteiger charge is -2.31. The van der Waals surface area contributed by atoms with Crippen LogP contribution in [0.25, 0.3) is 0 Å². The smallest absolute Gasteiger partial charge is 0.225 e. The number of aliphatic hydroxyl groups excluding tert-OH is 2. The number of nitrogens with zero attached hydrogens (tertiary/aromatic N) is 1. The predicted octanol–water partition coefficient (Wildman–Crippen LogP) is -0.256. The van der Waals surface area contributed by atoms with E-state index in [9.17, 15) is 19.1 Å². The molecule has 0 aliphatic carbocycles. The SMILES string of the molecule is CC(=O)/C=C\N(C(C)=O)[C@@H]1O[C@H](CO)C(O)[C@@]1(C)F. The van der Waals surface area contributed by atoms with Crippen LogP contribution in [-0.4, -0.2) is 57.5 Å². The summed E-state index contributed by atoms with van der Waals surface area (Å²) >= 11 is 0. The number of aliphatic hydroxyl groups is 2. The van der Waals surface area contributed by atoms with Crippen LogP contribution in [0.4, 0.5) is 4.39 Å². The van der Waals surface area contributed by atoms with Gasteiger partial charge in [-0.25, -0.2) is 4.39 Å². The zero-order valence-electron chi connectivity index (χ0n) is 11.0. The number of rotatable bonds is 4. The number of hydrogen-bond donors (Lipinski definition) is 2. The van der Waals surface area contributed by atoms with Gasteiger partial charge < -0.3 is 14.9 Å². The van der Waals surface area contributed by atoms with E-state index in [0.717, 1.165) is 24.1 Å². The zero-order valence-corrected chi connectivity index (χ0v) is 11.0. The van der Waals surface area contributed by atoms with Crippen molar-refractivity contribution in [3.63, 3.8) is 0 Å². The molecule has 0 saturated carbocycles. The predicted molar refractivity (Wildman–Crippen MR) is 63.6 cm³/mol. The maximum absolute atomic E-state index is 14.4. The second-order valence-corrected chi connectivity index (χ2v) is 4.66. The van der Waals surface area contributed by atoms with Gasteiger partial charge in [-0.05, 0) is 19.9 Å². The molecule has 0 aromatic heterocycles. The van der Waals surface area contributed by atoms with E-state index in [4.69, 9.17) is 9.84 Å². The Balaban J connectivity index is 3.03. The van der Waals surface area contributed by atoms with Crippen LogP contribution in [0.2, 0.25) is 0 Å². The van der Waals surface area contributed by atoms with Crippen molar-refractivity contribution >= 4 is 11.7 Å². The number of hydrogen-bond acceptors (Lipinski definition) is 5. The van der Waals surface area contributed by atoms with Crippen LogP contribution < -0.4 is 0 Å². The molecule has 1 rings (SSSR count). The molecule has 1 heterocycles. The first kappa shape index (κ1) is 15.7. The number of amides is 1. The van der Waals surface area contributed by atoms with E-state index >= 15 is 0 Å². The van der Waals surface area contributed by atoms with E-state index in [0.29, 0.717) is 0 Å². The molecule has 1 unspecified atom stereocenters.